The first-order valence-electron chi connectivity index (χ1n) is 8.87. The van der Waals surface area contributed by atoms with Crippen molar-refractivity contribution in [2.24, 2.45) is 0 Å². The van der Waals surface area contributed by atoms with Crippen molar-refractivity contribution in [3.8, 4) is 17.0 Å². The molecule has 1 amide bonds. The van der Waals surface area contributed by atoms with Crippen molar-refractivity contribution in [2.75, 3.05) is 11.9 Å². The fourth-order valence-electron chi connectivity index (χ4n) is 2.67. The number of carbonyl (C=O) groups excluding carboxylic acids is 1. The van der Waals surface area contributed by atoms with Gasteiger partial charge in [0.1, 0.15) is 11.8 Å². The topological polar surface area (TPSA) is 73.2 Å². The fraction of sp³-hybridized carbons (Fsp3) is 0.190. The van der Waals surface area contributed by atoms with Crippen LogP contribution in [0.15, 0.2) is 65.5 Å². The molecule has 0 saturated heterocycles. The second-order valence-electron chi connectivity index (χ2n) is 6.13. The molecular weight excluding hydrogens is 378 g/mol. The quantitative estimate of drug-likeness (QED) is 0.677. The molecule has 1 N–H and O–H groups in total. The van der Waals surface area contributed by atoms with Crippen molar-refractivity contribution < 1.29 is 9.53 Å². The highest BCUT2D eigenvalue weighted by Crippen LogP contribution is 2.21. The Hall–Kier alpha value is -3.12. The SMILES string of the molecule is CCOc1ccc(-c2ccc(=O)n(C(C)C(=O)Nc3cccc(Cl)c3)n2)cc1. The zero-order valence-electron chi connectivity index (χ0n) is 15.6. The van der Waals surface area contributed by atoms with E-state index in [0.29, 0.717) is 23.0 Å². The number of carbonyl (C=O) groups is 1. The van der Waals surface area contributed by atoms with E-state index >= 15 is 0 Å². The van der Waals surface area contributed by atoms with Crippen LogP contribution in [-0.4, -0.2) is 22.3 Å². The van der Waals surface area contributed by atoms with E-state index < -0.39 is 6.04 Å². The van der Waals surface area contributed by atoms with E-state index in [-0.39, 0.29) is 11.5 Å². The van der Waals surface area contributed by atoms with Crippen LogP contribution in [0.5, 0.6) is 5.75 Å². The molecule has 7 heteroatoms. The summed E-state index contributed by atoms with van der Waals surface area (Å²) in [4.78, 5) is 24.8. The molecular formula is C21H20ClN3O3. The minimum Gasteiger partial charge on any atom is -0.494 e. The first kappa shape index (κ1) is 19.6. The maximum Gasteiger partial charge on any atom is 0.267 e. The number of halogens is 1. The second-order valence-corrected chi connectivity index (χ2v) is 6.57. The van der Waals surface area contributed by atoms with Crippen LogP contribution in [0.4, 0.5) is 5.69 Å². The smallest absolute Gasteiger partial charge is 0.267 e. The molecule has 0 aliphatic rings. The molecule has 1 unspecified atom stereocenters. The number of hydrogen-bond donors (Lipinski definition) is 1. The number of hydrogen-bond acceptors (Lipinski definition) is 4. The lowest BCUT2D eigenvalue weighted by Crippen LogP contribution is -2.33. The summed E-state index contributed by atoms with van der Waals surface area (Å²) in [6.45, 7) is 4.12. The van der Waals surface area contributed by atoms with Gasteiger partial charge in [-0.25, -0.2) is 4.68 Å². The van der Waals surface area contributed by atoms with Gasteiger partial charge in [0.15, 0.2) is 0 Å². The Morgan fingerprint density at radius 1 is 1.18 bits per heavy atom. The molecule has 1 aromatic heterocycles. The van der Waals surface area contributed by atoms with E-state index in [9.17, 15) is 9.59 Å². The Kier molecular flexibility index (Phi) is 6.11. The molecule has 1 atom stereocenters. The van der Waals surface area contributed by atoms with Crippen LogP contribution >= 0.6 is 11.6 Å². The third-order valence-electron chi connectivity index (χ3n) is 4.12. The van der Waals surface area contributed by atoms with Crippen LogP contribution in [0, 0.1) is 0 Å². The number of nitrogens with one attached hydrogen (secondary N) is 1. The molecule has 0 aliphatic heterocycles. The summed E-state index contributed by atoms with van der Waals surface area (Å²) in [5.41, 5.74) is 1.60. The number of benzene rings is 2. The predicted molar refractivity (Wildman–Crippen MR) is 110 cm³/mol. The van der Waals surface area contributed by atoms with Gasteiger partial charge in [-0.2, -0.15) is 5.10 Å². The second kappa shape index (κ2) is 8.71. The van der Waals surface area contributed by atoms with Crippen LogP contribution in [0.3, 0.4) is 0 Å². The van der Waals surface area contributed by atoms with E-state index in [2.05, 4.69) is 10.4 Å². The van der Waals surface area contributed by atoms with E-state index in [1.165, 1.54) is 10.7 Å². The van der Waals surface area contributed by atoms with E-state index in [1.807, 2.05) is 31.2 Å². The summed E-state index contributed by atoms with van der Waals surface area (Å²) < 4.78 is 6.61. The zero-order chi connectivity index (χ0) is 20.1. The highest BCUT2D eigenvalue weighted by Gasteiger charge is 2.18. The summed E-state index contributed by atoms with van der Waals surface area (Å²) in [5, 5.41) is 7.64. The Balaban J connectivity index is 1.84. The van der Waals surface area contributed by atoms with Gasteiger partial charge in [-0.15, -0.1) is 0 Å². The van der Waals surface area contributed by atoms with Gasteiger partial charge in [-0.05, 0) is 62.4 Å². The Labute approximate surface area is 167 Å². The third kappa shape index (κ3) is 4.58. The van der Waals surface area contributed by atoms with Gasteiger partial charge in [-0.1, -0.05) is 17.7 Å². The highest BCUT2D eigenvalue weighted by molar-refractivity contribution is 6.30. The van der Waals surface area contributed by atoms with Crippen LogP contribution < -0.4 is 15.6 Å². The van der Waals surface area contributed by atoms with Gasteiger partial charge in [0.25, 0.3) is 5.56 Å². The van der Waals surface area contributed by atoms with Crippen molar-refractivity contribution in [2.45, 2.75) is 19.9 Å². The molecule has 0 radical (unpaired) electrons. The normalized spacial score (nSPS) is 11.7. The highest BCUT2D eigenvalue weighted by atomic mass is 35.5. The van der Waals surface area contributed by atoms with Crippen LogP contribution in [0.2, 0.25) is 5.02 Å². The van der Waals surface area contributed by atoms with E-state index in [4.69, 9.17) is 16.3 Å². The number of aromatic nitrogens is 2. The Morgan fingerprint density at radius 3 is 2.61 bits per heavy atom. The van der Waals surface area contributed by atoms with Gasteiger partial charge < -0.3 is 10.1 Å². The van der Waals surface area contributed by atoms with E-state index in [1.54, 1.807) is 37.3 Å². The minimum atomic E-state index is -0.797. The molecule has 6 nitrogen and oxygen atoms in total. The van der Waals surface area contributed by atoms with Crippen LogP contribution in [-0.2, 0) is 4.79 Å². The molecule has 0 spiro atoms. The molecule has 3 aromatic rings. The maximum absolute atomic E-state index is 12.6. The average molecular weight is 398 g/mol. The lowest BCUT2D eigenvalue weighted by atomic mass is 10.1. The van der Waals surface area contributed by atoms with Gasteiger partial charge in [0.05, 0.1) is 12.3 Å². The van der Waals surface area contributed by atoms with Crippen molar-refractivity contribution in [3.05, 3.63) is 76.0 Å². The molecule has 3 rings (SSSR count). The molecule has 28 heavy (non-hydrogen) atoms. The number of ether oxygens (including phenoxy) is 1. The number of anilines is 1. The maximum atomic E-state index is 12.6. The van der Waals surface area contributed by atoms with Crippen LogP contribution in [0.25, 0.3) is 11.3 Å². The molecule has 0 bridgehead atoms. The van der Waals surface area contributed by atoms with Crippen molar-refractivity contribution in [3.63, 3.8) is 0 Å². The molecule has 144 valence electrons. The number of rotatable bonds is 6. The molecule has 0 aliphatic carbocycles. The summed E-state index contributed by atoms with van der Waals surface area (Å²) in [5.74, 6) is 0.398. The monoisotopic (exact) mass is 397 g/mol. The van der Waals surface area contributed by atoms with E-state index in [0.717, 1.165) is 11.3 Å². The standard InChI is InChI=1S/C21H20ClN3O3/c1-3-28-18-9-7-15(8-10-18)19-11-12-20(26)25(24-19)14(2)21(27)23-17-6-4-5-16(22)13-17/h4-14H,3H2,1-2H3,(H,23,27). The summed E-state index contributed by atoms with van der Waals surface area (Å²) in [7, 11) is 0. The number of nitrogens with zero attached hydrogens (tertiary/aromatic N) is 2. The third-order valence-corrected chi connectivity index (χ3v) is 4.36. The predicted octanol–water partition coefficient (Wildman–Crippen LogP) is 4.16. The summed E-state index contributed by atoms with van der Waals surface area (Å²) in [6.07, 6.45) is 0. The summed E-state index contributed by atoms with van der Waals surface area (Å²) in [6, 6.07) is 16.5. The van der Waals surface area contributed by atoms with Gasteiger partial charge in [0.2, 0.25) is 5.91 Å². The molecule has 2 aromatic carbocycles. The van der Waals surface area contributed by atoms with Gasteiger partial charge in [-0.3, -0.25) is 9.59 Å². The first-order valence-corrected chi connectivity index (χ1v) is 9.25. The zero-order valence-corrected chi connectivity index (χ0v) is 16.3. The lowest BCUT2D eigenvalue weighted by molar-refractivity contribution is -0.119. The average Bonchev–Trinajstić information content (AvgIpc) is 2.69. The van der Waals surface area contributed by atoms with Gasteiger partial charge >= 0.3 is 0 Å². The Morgan fingerprint density at radius 2 is 1.93 bits per heavy atom. The molecule has 0 saturated carbocycles. The number of amides is 1. The van der Waals surface area contributed by atoms with Crippen LogP contribution in [0.1, 0.15) is 19.9 Å². The minimum absolute atomic E-state index is 0.358. The fourth-order valence-corrected chi connectivity index (χ4v) is 2.86. The van der Waals surface area contributed by atoms with Crippen molar-refractivity contribution in [1.29, 1.82) is 0 Å². The Bertz CT molecular complexity index is 1030. The first-order chi connectivity index (χ1) is 13.5. The largest absolute Gasteiger partial charge is 0.494 e. The molecule has 0 fully saturated rings. The van der Waals surface area contributed by atoms with Crippen molar-refractivity contribution >= 4 is 23.2 Å². The van der Waals surface area contributed by atoms with Gasteiger partial charge in [0, 0.05) is 22.3 Å². The van der Waals surface area contributed by atoms with Crippen molar-refractivity contribution in [1.82, 2.24) is 9.78 Å². The summed E-state index contributed by atoms with van der Waals surface area (Å²) >= 11 is 5.94. The molecule has 1 heterocycles. The lowest BCUT2D eigenvalue weighted by Gasteiger charge is -2.15.